The molecule has 1 saturated heterocycles. The van der Waals surface area contributed by atoms with Gasteiger partial charge < -0.3 is 20.0 Å². The lowest BCUT2D eigenvalue weighted by molar-refractivity contribution is 0.0925. The second-order valence-electron chi connectivity index (χ2n) is 7.02. The highest BCUT2D eigenvalue weighted by molar-refractivity contribution is 14.0. The quantitative estimate of drug-likeness (QED) is 0.268. The lowest BCUT2D eigenvalue weighted by Gasteiger charge is -2.39. The number of aliphatic imine (C=N–C) groups is 1. The number of guanidine groups is 1. The van der Waals surface area contributed by atoms with Gasteiger partial charge in [-0.05, 0) is 33.3 Å². The number of carbonyl (C=O) groups is 1. The molecule has 0 spiro atoms. The van der Waals surface area contributed by atoms with E-state index in [-0.39, 0.29) is 35.6 Å². The molecule has 0 radical (unpaired) electrons. The Kier molecular flexibility index (Phi) is 8.58. The smallest absolute Gasteiger partial charge is 0.287 e. The van der Waals surface area contributed by atoms with Gasteiger partial charge in [0.05, 0.1) is 16.8 Å². The number of hydrogen-bond acceptors (Lipinski definition) is 5. The summed E-state index contributed by atoms with van der Waals surface area (Å²) in [5.41, 5.74) is 0.809. The first-order chi connectivity index (χ1) is 12.2. The second-order valence-corrected chi connectivity index (χ2v) is 9.76. The summed E-state index contributed by atoms with van der Waals surface area (Å²) < 4.78 is 28.6. The van der Waals surface area contributed by atoms with E-state index in [2.05, 4.69) is 15.6 Å². The fourth-order valence-corrected chi connectivity index (χ4v) is 4.20. The Balaban J connectivity index is 0.00000364. The summed E-state index contributed by atoms with van der Waals surface area (Å²) in [5, 5.41) is 6.05. The van der Waals surface area contributed by atoms with Crippen LogP contribution in [-0.2, 0) is 9.84 Å². The fraction of sp³-hybridized carbons (Fsp3) is 0.647. The summed E-state index contributed by atoms with van der Waals surface area (Å²) in [6.45, 7) is 7.27. The molecule has 1 fully saturated rings. The first-order valence-electron chi connectivity index (χ1n) is 8.68. The summed E-state index contributed by atoms with van der Waals surface area (Å²) in [6.07, 6.45) is 2.20. The SMILES string of the molecule is CN=C(NCCCNC(=O)c1occc1C)N1CCS(=O)(=O)C(C)(C)C1.I. The molecule has 1 aromatic rings. The molecule has 1 amide bonds. The van der Waals surface area contributed by atoms with Gasteiger partial charge in [-0.3, -0.25) is 9.79 Å². The Hall–Kier alpha value is -1.30. The second kappa shape index (κ2) is 9.76. The van der Waals surface area contributed by atoms with Crippen molar-refractivity contribution in [1.82, 2.24) is 15.5 Å². The number of halogens is 1. The van der Waals surface area contributed by atoms with E-state index in [1.54, 1.807) is 27.0 Å². The number of nitrogens with zero attached hydrogens (tertiary/aromatic N) is 2. The van der Waals surface area contributed by atoms with Crippen LogP contribution in [0, 0.1) is 6.92 Å². The number of nitrogens with one attached hydrogen (secondary N) is 2. The van der Waals surface area contributed by atoms with Crippen molar-refractivity contribution in [3.8, 4) is 0 Å². The molecule has 0 aliphatic carbocycles. The average molecular weight is 512 g/mol. The van der Waals surface area contributed by atoms with Crippen molar-refractivity contribution in [2.24, 2.45) is 4.99 Å². The Morgan fingerprint density at radius 3 is 2.56 bits per heavy atom. The largest absolute Gasteiger partial charge is 0.459 e. The summed E-state index contributed by atoms with van der Waals surface area (Å²) in [7, 11) is -1.40. The van der Waals surface area contributed by atoms with E-state index >= 15 is 0 Å². The van der Waals surface area contributed by atoms with Crippen molar-refractivity contribution in [3.05, 3.63) is 23.7 Å². The lowest BCUT2D eigenvalue weighted by atomic mass is 10.2. The van der Waals surface area contributed by atoms with Crippen molar-refractivity contribution in [2.45, 2.75) is 31.9 Å². The third-order valence-corrected chi connectivity index (χ3v) is 7.08. The molecular weight excluding hydrogens is 483 g/mol. The third kappa shape index (κ3) is 5.84. The minimum atomic E-state index is -3.08. The maximum absolute atomic E-state index is 12.1. The molecule has 1 aliphatic rings. The van der Waals surface area contributed by atoms with E-state index in [9.17, 15) is 13.2 Å². The van der Waals surface area contributed by atoms with Crippen LogP contribution >= 0.6 is 24.0 Å². The molecule has 0 unspecified atom stereocenters. The highest BCUT2D eigenvalue weighted by Crippen LogP contribution is 2.23. The molecule has 0 saturated carbocycles. The minimum Gasteiger partial charge on any atom is -0.459 e. The molecule has 2 heterocycles. The van der Waals surface area contributed by atoms with Crippen LogP contribution in [0.3, 0.4) is 0 Å². The Labute approximate surface area is 178 Å². The van der Waals surface area contributed by atoms with Crippen LogP contribution in [0.4, 0.5) is 0 Å². The summed E-state index contributed by atoms with van der Waals surface area (Å²) in [4.78, 5) is 18.2. The molecular formula is C17H29IN4O4S. The predicted molar refractivity (Wildman–Crippen MR) is 117 cm³/mol. The first-order valence-corrected chi connectivity index (χ1v) is 10.3. The lowest BCUT2D eigenvalue weighted by Crippen LogP contribution is -2.57. The predicted octanol–water partition coefficient (Wildman–Crippen LogP) is 1.41. The number of hydrogen-bond donors (Lipinski definition) is 2. The van der Waals surface area contributed by atoms with Crippen molar-refractivity contribution >= 4 is 45.7 Å². The van der Waals surface area contributed by atoms with E-state index < -0.39 is 14.6 Å². The summed E-state index contributed by atoms with van der Waals surface area (Å²) in [5.74, 6) is 0.922. The fourth-order valence-electron chi connectivity index (χ4n) is 2.83. The Morgan fingerprint density at radius 2 is 2.00 bits per heavy atom. The van der Waals surface area contributed by atoms with Crippen LogP contribution < -0.4 is 10.6 Å². The third-order valence-electron chi connectivity index (χ3n) is 4.55. The molecule has 8 nitrogen and oxygen atoms in total. The number of rotatable bonds is 5. The highest BCUT2D eigenvalue weighted by Gasteiger charge is 2.40. The summed E-state index contributed by atoms with van der Waals surface area (Å²) in [6, 6.07) is 1.75. The van der Waals surface area contributed by atoms with Gasteiger partial charge in [0, 0.05) is 38.8 Å². The van der Waals surface area contributed by atoms with Gasteiger partial charge in [-0.25, -0.2) is 8.42 Å². The molecule has 0 aromatic carbocycles. The van der Waals surface area contributed by atoms with Gasteiger partial charge in [0.25, 0.3) is 5.91 Å². The maximum Gasteiger partial charge on any atom is 0.287 e. The molecule has 1 aromatic heterocycles. The van der Waals surface area contributed by atoms with Crippen LogP contribution in [0.5, 0.6) is 0 Å². The van der Waals surface area contributed by atoms with Gasteiger partial charge in [0.2, 0.25) is 0 Å². The zero-order valence-electron chi connectivity index (χ0n) is 16.2. The van der Waals surface area contributed by atoms with Crippen LogP contribution in [0.1, 0.15) is 36.4 Å². The van der Waals surface area contributed by atoms with Gasteiger partial charge in [0.1, 0.15) is 0 Å². The monoisotopic (exact) mass is 512 g/mol. The van der Waals surface area contributed by atoms with Gasteiger partial charge in [-0.1, -0.05) is 0 Å². The molecule has 2 N–H and O–H groups in total. The van der Waals surface area contributed by atoms with Crippen molar-refractivity contribution in [1.29, 1.82) is 0 Å². The normalized spacial score (nSPS) is 18.5. The van der Waals surface area contributed by atoms with Crippen molar-refractivity contribution in [2.75, 3.05) is 39.0 Å². The van der Waals surface area contributed by atoms with Crippen LogP contribution in [-0.4, -0.2) is 68.9 Å². The van der Waals surface area contributed by atoms with Crippen LogP contribution in [0.15, 0.2) is 21.7 Å². The molecule has 2 rings (SSSR count). The van der Waals surface area contributed by atoms with Gasteiger partial charge in [-0.2, -0.15) is 0 Å². The average Bonchev–Trinajstić information content (AvgIpc) is 3.00. The zero-order valence-corrected chi connectivity index (χ0v) is 19.4. The number of furan rings is 1. The number of amides is 1. The minimum absolute atomic E-state index is 0. The molecule has 154 valence electrons. The van der Waals surface area contributed by atoms with Crippen LogP contribution in [0.2, 0.25) is 0 Å². The van der Waals surface area contributed by atoms with E-state index in [4.69, 9.17) is 4.42 Å². The van der Waals surface area contributed by atoms with Gasteiger partial charge in [0.15, 0.2) is 21.6 Å². The van der Waals surface area contributed by atoms with E-state index in [0.717, 1.165) is 5.56 Å². The van der Waals surface area contributed by atoms with E-state index in [1.807, 2.05) is 11.8 Å². The summed E-state index contributed by atoms with van der Waals surface area (Å²) >= 11 is 0. The zero-order chi connectivity index (χ0) is 19.4. The topological polar surface area (TPSA) is 104 Å². The van der Waals surface area contributed by atoms with Gasteiger partial charge >= 0.3 is 0 Å². The standard InChI is InChI=1S/C17H28N4O4S.HI/c1-13-6-10-25-14(13)15(22)19-7-5-8-20-16(18-4)21-9-11-26(23,24)17(2,3)12-21;/h6,10H,5,7-9,11-12H2,1-4H3,(H,18,20)(H,19,22);1H. The van der Waals surface area contributed by atoms with E-state index in [0.29, 0.717) is 44.3 Å². The van der Waals surface area contributed by atoms with Crippen LogP contribution in [0.25, 0.3) is 0 Å². The molecule has 27 heavy (non-hydrogen) atoms. The Bertz CT molecular complexity index is 774. The number of sulfone groups is 1. The maximum atomic E-state index is 12.1. The number of aryl methyl sites for hydroxylation is 1. The van der Waals surface area contributed by atoms with Crippen molar-refractivity contribution < 1.29 is 17.6 Å². The first kappa shape index (κ1) is 23.7. The molecule has 0 atom stereocenters. The highest BCUT2D eigenvalue weighted by atomic mass is 127. The molecule has 10 heteroatoms. The van der Waals surface area contributed by atoms with Gasteiger partial charge in [-0.15, -0.1) is 24.0 Å². The Morgan fingerprint density at radius 1 is 1.33 bits per heavy atom. The molecule has 0 bridgehead atoms. The van der Waals surface area contributed by atoms with E-state index in [1.165, 1.54) is 6.26 Å². The molecule has 1 aliphatic heterocycles. The van der Waals surface area contributed by atoms with Crippen molar-refractivity contribution in [3.63, 3.8) is 0 Å². The number of carbonyl (C=O) groups excluding carboxylic acids is 1.